The molecule has 1 heterocycles. The van der Waals surface area contributed by atoms with E-state index in [1.165, 1.54) is 10.5 Å². The number of nitrogens with zero attached hydrogens (tertiary/aromatic N) is 2. The number of carbonyl (C=O) groups is 1. The Bertz CT molecular complexity index is 646. The predicted molar refractivity (Wildman–Crippen MR) is 92.6 cm³/mol. The molecule has 3 rings (SSSR count). The molecular formula is C18H20N2OS. The van der Waals surface area contributed by atoms with E-state index in [0.29, 0.717) is 18.0 Å². The molecule has 2 aliphatic rings. The van der Waals surface area contributed by atoms with Crippen LogP contribution in [0.5, 0.6) is 0 Å². The van der Waals surface area contributed by atoms with Crippen LogP contribution in [0.25, 0.3) is 0 Å². The van der Waals surface area contributed by atoms with Crippen molar-refractivity contribution in [2.75, 3.05) is 12.3 Å². The summed E-state index contributed by atoms with van der Waals surface area (Å²) in [5.41, 5.74) is 1.92. The number of benzene rings is 1. The van der Waals surface area contributed by atoms with Gasteiger partial charge in [-0.2, -0.15) is 0 Å². The normalized spacial score (nSPS) is 23.5. The van der Waals surface area contributed by atoms with Gasteiger partial charge in [-0.3, -0.25) is 9.79 Å². The van der Waals surface area contributed by atoms with Gasteiger partial charge < -0.3 is 4.90 Å². The molecule has 0 radical (unpaired) electrons. The molecule has 3 nitrogen and oxygen atoms in total. The van der Waals surface area contributed by atoms with Crippen LogP contribution >= 0.6 is 11.8 Å². The summed E-state index contributed by atoms with van der Waals surface area (Å²) in [5, 5.41) is 0. The summed E-state index contributed by atoms with van der Waals surface area (Å²) in [6.07, 6.45) is 8.16. The van der Waals surface area contributed by atoms with Gasteiger partial charge in [-0.25, -0.2) is 0 Å². The molecule has 0 saturated heterocycles. The zero-order valence-corrected chi connectivity index (χ0v) is 13.7. The first-order valence-corrected chi connectivity index (χ1v) is 8.59. The van der Waals surface area contributed by atoms with Crippen molar-refractivity contribution >= 4 is 23.4 Å². The molecular weight excluding hydrogens is 292 g/mol. The molecule has 114 valence electrons. The molecule has 0 saturated carbocycles. The lowest BCUT2D eigenvalue weighted by Gasteiger charge is -2.37. The highest BCUT2D eigenvalue weighted by Gasteiger charge is 2.34. The number of hydrogen-bond acceptors (Lipinski definition) is 3. The number of likely N-dealkylation sites (N-methyl/N-ethyl adjacent to an activating group) is 1. The monoisotopic (exact) mass is 312 g/mol. The van der Waals surface area contributed by atoms with E-state index >= 15 is 0 Å². The van der Waals surface area contributed by atoms with Gasteiger partial charge in [-0.05, 0) is 26.0 Å². The van der Waals surface area contributed by atoms with Crippen molar-refractivity contribution < 1.29 is 4.79 Å². The molecule has 1 aliphatic heterocycles. The molecule has 2 unspecified atom stereocenters. The molecule has 2 atom stereocenters. The largest absolute Gasteiger partial charge is 0.329 e. The Kier molecular flexibility index (Phi) is 4.48. The van der Waals surface area contributed by atoms with E-state index in [2.05, 4.69) is 48.3 Å². The van der Waals surface area contributed by atoms with Gasteiger partial charge >= 0.3 is 0 Å². The minimum absolute atomic E-state index is 0.0660. The highest BCUT2D eigenvalue weighted by molar-refractivity contribution is 8.00. The summed E-state index contributed by atoms with van der Waals surface area (Å²) in [6.45, 7) is 4.81. The molecule has 22 heavy (non-hydrogen) atoms. The van der Waals surface area contributed by atoms with Crippen LogP contribution in [0.1, 0.15) is 12.5 Å². The van der Waals surface area contributed by atoms with Crippen molar-refractivity contribution in [3.8, 4) is 0 Å². The summed E-state index contributed by atoms with van der Waals surface area (Å²) in [6, 6.07) is 8.52. The Labute approximate surface area is 135 Å². The van der Waals surface area contributed by atoms with Crippen LogP contribution in [0.2, 0.25) is 0 Å². The van der Waals surface area contributed by atoms with Crippen LogP contribution in [0.4, 0.5) is 0 Å². The minimum atomic E-state index is 0.0660. The maximum Gasteiger partial charge on any atom is 0.269 e. The second-order valence-electron chi connectivity index (χ2n) is 5.52. The number of amides is 1. The number of allylic oxidation sites excluding steroid dienone is 2. The van der Waals surface area contributed by atoms with E-state index in [1.54, 1.807) is 11.8 Å². The second kappa shape index (κ2) is 6.53. The minimum Gasteiger partial charge on any atom is -0.329 e. The lowest BCUT2D eigenvalue weighted by molar-refractivity contribution is -0.126. The third-order valence-electron chi connectivity index (χ3n) is 3.99. The number of thioether (sulfide) groups is 1. The van der Waals surface area contributed by atoms with E-state index in [-0.39, 0.29) is 18.0 Å². The van der Waals surface area contributed by atoms with Gasteiger partial charge in [-0.15, -0.1) is 11.8 Å². The Hall–Kier alpha value is -1.81. The lowest BCUT2D eigenvalue weighted by Crippen LogP contribution is -2.52. The highest BCUT2D eigenvalue weighted by Crippen LogP contribution is 2.24. The van der Waals surface area contributed by atoms with Crippen LogP contribution < -0.4 is 0 Å². The molecule has 1 aliphatic carbocycles. The second-order valence-corrected chi connectivity index (χ2v) is 6.57. The molecule has 1 aromatic rings. The van der Waals surface area contributed by atoms with Crippen LogP contribution in [0.3, 0.4) is 0 Å². The van der Waals surface area contributed by atoms with E-state index in [9.17, 15) is 4.79 Å². The quantitative estimate of drug-likeness (QED) is 0.800. The Morgan fingerprint density at radius 1 is 1.18 bits per heavy atom. The number of hydrogen-bond donors (Lipinski definition) is 0. The first kappa shape index (κ1) is 15.1. The van der Waals surface area contributed by atoms with Gasteiger partial charge in [0, 0.05) is 17.2 Å². The van der Waals surface area contributed by atoms with Gasteiger partial charge in [0.1, 0.15) is 5.71 Å². The fourth-order valence-corrected chi connectivity index (χ4v) is 3.60. The van der Waals surface area contributed by atoms with Crippen molar-refractivity contribution in [3.05, 3.63) is 54.1 Å². The molecule has 0 spiro atoms. The van der Waals surface area contributed by atoms with Crippen LogP contribution in [-0.4, -0.2) is 40.9 Å². The fourth-order valence-electron chi connectivity index (χ4n) is 2.77. The molecule has 1 amide bonds. The number of aryl methyl sites for hydroxylation is 1. The van der Waals surface area contributed by atoms with E-state index in [0.717, 1.165) is 0 Å². The van der Waals surface area contributed by atoms with Crippen molar-refractivity contribution in [3.63, 3.8) is 0 Å². The average Bonchev–Trinajstić information content (AvgIpc) is 2.54. The van der Waals surface area contributed by atoms with Crippen molar-refractivity contribution in [2.24, 2.45) is 4.99 Å². The fraction of sp³-hybridized carbons (Fsp3) is 0.333. The number of fused-ring (bicyclic) bond motifs is 1. The zero-order valence-electron chi connectivity index (χ0n) is 12.9. The summed E-state index contributed by atoms with van der Waals surface area (Å²) in [4.78, 5) is 20.4. The zero-order chi connectivity index (χ0) is 15.5. The standard InChI is InChI=1S/C18H20N2OS/c1-3-20-17-7-5-4-6-15(17)19-16(18(20)21)12-22-14-10-8-13(2)9-11-14/h4-11,15,17H,3,12H2,1-2H3. The first-order chi connectivity index (χ1) is 10.7. The number of carbonyl (C=O) groups excluding carboxylic acids is 1. The molecule has 1 aromatic carbocycles. The van der Waals surface area contributed by atoms with E-state index in [1.807, 2.05) is 24.0 Å². The Morgan fingerprint density at radius 2 is 1.91 bits per heavy atom. The summed E-state index contributed by atoms with van der Waals surface area (Å²) in [7, 11) is 0. The van der Waals surface area contributed by atoms with Crippen LogP contribution in [0, 0.1) is 6.92 Å². The van der Waals surface area contributed by atoms with Gasteiger partial charge in [0.05, 0.1) is 12.1 Å². The van der Waals surface area contributed by atoms with Gasteiger partial charge in [0.2, 0.25) is 0 Å². The SMILES string of the molecule is CCN1C(=O)C(CSc2ccc(C)cc2)=NC2C=CC=CC21. The van der Waals surface area contributed by atoms with Crippen molar-refractivity contribution in [2.45, 2.75) is 30.8 Å². The predicted octanol–water partition coefficient (Wildman–Crippen LogP) is 3.25. The lowest BCUT2D eigenvalue weighted by atomic mass is 9.98. The topological polar surface area (TPSA) is 32.7 Å². The van der Waals surface area contributed by atoms with Gasteiger partial charge in [-0.1, -0.05) is 42.0 Å². The third kappa shape index (κ3) is 3.02. The highest BCUT2D eigenvalue weighted by atomic mass is 32.2. The third-order valence-corrected chi connectivity index (χ3v) is 5.01. The van der Waals surface area contributed by atoms with Gasteiger partial charge in [0.25, 0.3) is 5.91 Å². The van der Waals surface area contributed by atoms with Crippen LogP contribution in [-0.2, 0) is 4.79 Å². The molecule has 0 aromatic heterocycles. The summed E-state index contributed by atoms with van der Waals surface area (Å²) in [5.74, 6) is 0.697. The first-order valence-electron chi connectivity index (χ1n) is 7.61. The summed E-state index contributed by atoms with van der Waals surface area (Å²) < 4.78 is 0. The molecule has 0 N–H and O–H groups in total. The summed E-state index contributed by atoms with van der Waals surface area (Å²) >= 11 is 1.67. The Morgan fingerprint density at radius 3 is 2.64 bits per heavy atom. The van der Waals surface area contributed by atoms with Crippen molar-refractivity contribution in [1.82, 2.24) is 4.90 Å². The Balaban J connectivity index is 1.76. The number of aliphatic imine (C=N–C) groups is 1. The van der Waals surface area contributed by atoms with E-state index in [4.69, 9.17) is 0 Å². The molecule has 0 fully saturated rings. The maximum absolute atomic E-state index is 12.6. The molecule has 0 bridgehead atoms. The smallest absolute Gasteiger partial charge is 0.269 e. The van der Waals surface area contributed by atoms with E-state index < -0.39 is 0 Å². The maximum atomic E-state index is 12.6. The molecule has 4 heteroatoms. The van der Waals surface area contributed by atoms with Crippen molar-refractivity contribution in [1.29, 1.82) is 0 Å². The average molecular weight is 312 g/mol. The van der Waals surface area contributed by atoms with Gasteiger partial charge in [0.15, 0.2) is 0 Å². The van der Waals surface area contributed by atoms with Crippen LogP contribution in [0.15, 0.2) is 58.5 Å². The number of rotatable bonds is 4.